The van der Waals surface area contributed by atoms with Crippen molar-refractivity contribution in [3.8, 4) is 0 Å². The van der Waals surface area contributed by atoms with Crippen LogP contribution in [0.1, 0.15) is 50.7 Å². The second kappa shape index (κ2) is 4.30. The molecule has 0 aromatic heterocycles. The average Bonchev–Trinajstić information content (AvgIpc) is 2.58. The van der Waals surface area contributed by atoms with E-state index in [4.69, 9.17) is 14.2 Å². The molecule has 0 spiro atoms. The normalized spacial score (nSPS) is 25.3. The van der Waals surface area contributed by atoms with Gasteiger partial charge >= 0.3 is 0 Å². The lowest BCUT2D eigenvalue weighted by Gasteiger charge is -2.30. The van der Waals surface area contributed by atoms with Gasteiger partial charge in [-0.2, -0.15) is 0 Å². The van der Waals surface area contributed by atoms with Gasteiger partial charge in [-0.15, -0.1) is 0 Å². The standard InChI is InChI=1S/C16H22O3/c1-15(2)16(3,4)19-14(18-15)13-7-5-6-11-10-17-9-8-12(11)13/h5-7,14H,8-10H2,1-4H3. The van der Waals surface area contributed by atoms with Crippen molar-refractivity contribution in [2.24, 2.45) is 0 Å². The molecule has 0 radical (unpaired) electrons. The third-order valence-electron chi connectivity index (χ3n) is 4.57. The van der Waals surface area contributed by atoms with Gasteiger partial charge in [-0.1, -0.05) is 18.2 Å². The lowest BCUT2D eigenvalue weighted by molar-refractivity contribution is -0.0904. The average molecular weight is 262 g/mol. The quantitative estimate of drug-likeness (QED) is 0.776. The molecule has 3 heteroatoms. The summed E-state index contributed by atoms with van der Waals surface area (Å²) in [5.41, 5.74) is 3.20. The second-order valence-corrected chi connectivity index (χ2v) is 6.38. The Kier molecular flexibility index (Phi) is 2.97. The molecular weight excluding hydrogens is 240 g/mol. The van der Waals surface area contributed by atoms with Crippen LogP contribution in [-0.4, -0.2) is 17.8 Å². The van der Waals surface area contributed by atoms with Crippen molar-refractivity contribution in [2.45, 2.75) is 58.2 Å². The van der Waals surface area contributed by atoms with E-state index in [0.29, 0.717) is 6.61 Å². The van der Waals surface area contributed by atoms with Crippen molar-refractivity contribution in [2.75, 3.05) is 6.61 Å². The molecule has 0 saturated carbocycles. The zero-order chi connectivity index (χ0) is 13.7. The first kappa shape index (κ1) is 13.1. The van der Waals surface area contributed by atoms with Crippen molar-refractivity contribution in [1.29, 1.82) is 0 Å². The van der Waals surface area contributed by atoms with Gasteiger partial charge in [0.2, 0.25) is 0 Å². The van der Waals surface area contributed by atoms with Crippen LogP contribution in [0, 0.1) is 0 Å². The Morgan fingerprint density at radius 2 is 1.74 bits per heavy atom. The van der Waals surface area contributed by atoms with Gasteiger partial charge in [0.15, 0.2) is 6.29 Å². The zero-order valence-corrected chi connectivity index (χ0v) is 12.2. The molecule has 1 aromatic carbocycles. The molecule has 3 nitrogen and oxygen atoms in total. The van der Waals surface area contributed by atoms with Gasteiger partial charge in [-0.05, 0) is 45.2 Å². The molecule has 0 bridgehead atoms. The molecule has 104 valence electrons. The predicted octanol–water partition coefficient (Wildman–Crippen LogP) is 3.36. The van der Waals surface area contributed by atoms with E-state index in [9.17, 15) is 0 Å². The summed E-state index contributed by atoms with van der Waals surface area (Å²) in [5.74, 6) is 0. The largest absolute Gasteiger partial charge is 0.376 e. The van der Waals surface area contributed by atoms with Crippen molar-refractivity contribution >= 4 is 0 Å². The topological polar surface area (TPSA) is 27.7 Å². The monoisotopic (exact) mass is 262 g/mol. The van der Waals surface area contributed by atoms with Crippen LogP contribution in [-0.2, 0) is 27.2 Å². The molecule has 2 aliphatic heterocycles. The van der Waals surface area contributed by atoms with Crippen LogP contribution >= 0.6 is 0 Å². The molecule has 0 aliphatic carbocycles. The Hall–Kier alpha value is -0.900. The summed E-state index contributed by atoms with van der Waals surface area (Å²) in [7, 11) is 0. The first-order valence-corrected chi connectivity index (χ1v) is 6.95. The van der Waals surface area contributed by atoms with Gasteiger partial charge in [0, 0.05) is 5.56 Å². The number of benzene rings is 1. The summed E-state index contributed by atoms with van der Waals surface area (Å²) >= 11 is 0. The highest BCUT2D eigenvalue weighted by atomic mass is 16.7. The Morgan fingerprint density at radius 1 is 1.05 bits per heavy atom. The van der Waals surface area contributed by atoms with Crippen LogP contribution in [0.15, 0.2) is 18.2 Å². The highest BCUT2D eigenvalue weighted by Crippen LogP contribution is 2.46. The van der Waals surface area contributed by atoms with Crippen LogP contribution < -0.4 is 0 Å². The van der Waals surface area contributed by atoms with Gasteiger partial charge in [0.1, 0.15) is 0 Å². The van der Waals surface area contributed by atoms with Crippen molar-refractivity contribution in [1.82, 2.24) is 0 Å². The maximum Gasteiger partial charge on any atom is 0.185 e. The number of rotatable bonds is 1. The molecular formula is C16H22O3. The molecule has 1 saturated heterocycles. The molecule has 19 heavy (non-hydrogen) atoms. The van der Waals surface area contributed by atoms with Crippen LogP contribution in [0.25, 0.3) is 0 Å². The summed E-state index contributed by atoms with van der Waals surface area (Å²) in [6, 6.07) is 6.31. The van der Waals surface area contributed by atoms with E-state index in [-0.39, 0.29) is 17.5 Å². The lowest BCUT2D eigenvalue weighted by Crippen LogP contribution is -2.41. The first-order valence-electron chi connectivity index (χ1n) is 6.95. The Balaban J connectivity index is 1.96. The molecule has 3 rings (SSSR count). The van der Waals surface area contributed by atoms with E-state index in [0.717, 1.165) is 13.0 Å². The Morgan fingerprint density at radius 3 is 2.42 bits per heavy atom. The Labute approximate surface area is 114 Å². The van der Waals surface area contributed by atoms with Crippen molar-refractivity contribution in [3.05, 3.63) is 34.9 Å². The van der Waals surface area contributed by atoms with E-state index >= 15 is 0 Å². The van der Waals surface area contributed by atoms with E-state index < -0.39 is 0 Å². The van der Waals surface area contributed by atoms with E-state index in [2.05, 4.69) is 45.9 Å². The van der Waals surface area contributed by atoms with Gasteiger partial charge in [-0.25, -0.2) is 0 Å². The number of hydrogen-bond donors (Lipinski definition) is 0. The Bertz CT molecular complexity index is 475. The third-order valence-corrected chi connectivity index (χ3v) is 4.57. The molecule has 2 heterocycles. The summed E-state index contributed by atoms with van der Waals surface area (Å²) in [5, 5.41) is 0. The number of hydrogen-bond acceptors (Lipinski definition) is 3. The fourth-order valence-corrected chi connectivity index (χ4v) is 2.64. The highest BCUT2D eigenvalue weighted by molar-refractivity contribution is 5.37. The predicted molar refractivity (Wildman–Crippen MR) is 72.9 cm³/mol. The van der Waals surface area contributed by atoms with E-state index in [1.165, 1.54) is 16.7 Å². The van der Waals surface area contributed by atoms with Crippen molar-refractivity contribution < 1.29 is 14.2 Å². The van der Waals surface area contributed by atoms with Crippen LogP contribution in [0.2, 0.25) is 0 Å². The fraction of sp³-hybridized carbons (Fsp3) is 0.625. The van der Waals surface area contributed by atoms with E-state index in [1.54, 1.807) is 0 Å². The minimum Gasteiger partial charge on any atom is -0.376 e. The van der Waals surface area contributed by atoms with Gasteiger partial charge in [0.05, 0.1) is 24.4 Å². The van der Waals surface area contributed by atoms with Crippen LogP contribution in [0.4, 0.5) is 0 Å². The van der Waals surface area contributed by atoms with Crippen LogP contribution in [0.3, 0.4) is 0 Å². The molecule has 0 atom stereocenters. The van der Waals surface area contributed by atoms with Gasteiger partial charge in [0.25, 0.3) is 0 Å². The minimum absolute atomic E-state index is 0.266. The number of fused-ring (bicyclic) bond motifs is 1. The molecule has 0 unspecified atom stereocenters. The van der Waals surface area contributed by atoms with Gasteiger partial charge < -0.3 is 14.2 Å². The summed E-state index contributed by atoms with van der Waals surface area (Å²) in [6.07, 6.45) is 0.674. The maximum absolute atomic E-state index is 6.15. The summed E-state index contributed by atoms with van der Waals surface area (Å²) in [6.45, 7) is 9.83. The highest BCUT2D eigenvalue weighted by Gasteiger charge is 2.50. The summed E-state index contributed by atoms with van der Waals surface area (Å²) in [4.78, 5) is 0. The van der Waals surface area contributed by atoms with Crippen LogP contribution in [0.5, 0.6) is 0 Å². The van der Waals surface area contributed by atoms with E-state index in [1.807, 2.05) is 0 Å². The second-order valence-electron chi connectivity index (χ2n) is 6.38. The molecule has 1 fully saturated rings. The zero-order valence-electron chi connectivity index (χ0n) is 12.2. The third kappa shape index (κ3) is 2.10. The molecule has 2 aliphatic rings. The van der Waals surface area contributed by atoms with Gasteiger partial charge in [-0.3, -0.25) is 0 Å². The summed E-state index contributed by atoms with van der Waals surface area (Å²) < 4.78 is 17.8. The minimum atomic E-state index is -0.286. The molecule has 1 aromatic rings. The SMILES string of the molecule is CC1(C)OC(c2cccc3c2CCOC3)OC1(C)C. The molecule has 0 N–H and O–H groups in total. The molecule has 0 amide bonds. The fourth-order valence-electron chi connectivity index (χ4n) is 2.64. The maximum atomic E-state index is 6.15. The van der Waals surface area contributed by atoms with Crippen molar-refractivity contribution in [3.63, 3.8) is 0 Å². The lowest BCUT2D eigenvalue weighted by atomic mass is 9.90. The smallest absolute Gasteiger partial charge is 0.185 e. The number of ether oxygens (including phenoxy) is 3. The first-order chi connectivity index (χ1) is 8.91.